The number of ether oxygens (including phenoxy) is 2. The largest absolute Gasteiger partial charge is 0.433 e. The third kappa shape index (κ3) is 8.17. The Hall–Kier alpha value is -2.93. The lowest BCUT2D eigenvalue weighted by Crippen LogP contribution is -2.24. The molecular weight excluding hydrogens is 494 g/mol. The summed E-state index contributed by atoms with van der Waals surface area (Å²) in [4.78, 5) is -0.696. The van der Waals surface area contributed by atoms with E-state index in [1.165, 1.54) is 36.4 Å². The van der Waals surface area contributed by atoms with E-state index in [0.29, 0.717) is 0 Å². The van der Waals surface area contributed by atoms with E-state index in [-0.39, 0.29) is 17.2 Å². The van der Waals surface area contributed by atoms with Crippen LogP contribution in [0.25, 0.3) is 0 Å². The molecule has 33 heavy (non-hydrogen) atoms. The molecule has 2 aromatic rings. The lowest BCUT2D eigenvalue weighted by molar-refractivity contribution is -0.0520. The van der Waals surface area contributed by atoms with Crippen molar-refractivity contribution in [3.8, 4) is 17.6 Å². The fourth-order valence-electron chi connectivity index (χ4n) is 2.28. The van der Waals surface area contributed by atoms with Crippen LogP contribution in [0, 0.1) is 11.3 Å². The fourth-order valence-corrected chi connectivity index (χ4v) is 4.35. The Kier molecular flexibility index (Phi) is 10.5. The molecule has 0 unspecified atom stereocenters. The van der Waals surface area contributed by atoms with Gasteiger partial charge >= 0.3 is 13.2 Å². The number of benzene rings is 2. The molecule has 9 nitrogen and oxygen atoms in total. The van der Waals surface area contributed by atoms with Gasteiger partial charge in [0.2, 0.25) is 20.0 Å². The average molecular weight is 513 g/mol. The monoisotopic (exact) mass is 513 g/mol. The molecule has 0 aromatic heterocycles. The minimum Gasteiger partial charge on any atom is -0.433 e. The first kappa shape index (κ1) is 28.1. The first-order chi connectivity index (χ1) is 15.4. The van der Waals surface area contributed by atoms with Gasteiger partial charge in [-0.05, 0) is 31.3 Å². The van der Waals surface area contributed by atoms with E-state index in [1.807, 2.05) is 4.72 Å². The first-order valence-electron chi connectivity index (χ1n) is 8.84. The van der Waals surface area contributed by atoms with Crippen LogP contribution < -0.4 is 18.9 Å². The highest BCUT2D eigenvalue weighted by molar-refractivity contribution is 7.89. The molecular formula is C18H19F4N3O6S2. The standard InChI is InChI=1S/C9H8F2N2O3S.C9H11F2NO3S/c1-13-17(14,15)8-4-2-3-7(6(8)5-12)16-9(10)11;1-2-12-16(13,14)8-6-4-3-5-7(8)15-9(10)11/h2-4,9,13H,1H3;3-6,9,12H,2H2,1H3. The third-order valence-electron chi connectivity index (χ3n) is 3.56. The van der Waals surface area contributed by atoms with Gasteiger partial charge in [0.25, 0.3) is 0 Å². The van der Waals surface area contributed by atoms with Crippen molar-refractivity contribution in [2.24, 2.45) is 0 Å². The van der Waals surface area contributed by atoms with Gasteiger partial charge in [-0.3, -0.25) is 0 Å². The van der Waals surface area contributed by atoms with Crippen LogP contribution in [0.4, 0.5) is 17.6 Å². The maximum atomic E-state index is 12.1. The molecule has 0 heterocycles. The zero-order chi connectivity index (χ0) is 25.2. The number of para-hydroxylation sites is 1. The molecule has 0 fully saturated rings. The molecule has 0 spiro atoms. The van der Waals surface area contributed by atoms with E-state index in [9.17, 15) is 34.4 Å². The highest BCUT2D eigenvalue weighted by atomic mass is 32.2. The van der Waals surface area contributed by atoms with Crippen LogP contribution in [-0.4, -0.2) is 43.7 Å². The molecule has 0 amide bonds. The molecule has 0 aliphatic rings. The van der Waals surface area contributed by atoms with Crippen molar-refractivity contribution in [2.45, 2.75) is 29.9 Å². The van der Waals surface area contributed by atoms with Gasteiger partial charge in [0.15, 0.2) is 0 Å². The molecule has 182 valence electrons. The van der Waals surface area contributed by atoms with Crippen LogP contribution in [0.3, 0.4) is 0 Å². The highest BCUT2D eigenvalue weighted by Crippen LogP contribution is 2.26. The quantitative estimate of drug-likeness (QED) is 0.492. The number of hydrogen-bond acceptors (Lipinski definition) is 7. The van der Waals surface area contributed by atoms with E-state index < -0.39 is 49.5 Å². The summed E-state index contributed by atoms with van der Waals surface area (Å²) in [6, 6.07) is 10.2. The number of rotatable bonds is 9. The van der Waals surface area contributed by atoms with E-state index in [1.54, 1.807) is 6.92 Å². The molecule has 0 saturated carbocycles. The maximum absolute atomic E-state index is 12.1. The number of nitrogens with zero attached hydrogens (tertiary/aromatic N) is 1. The number of alkyl halides is 4. The lowest BCUT2D eigenvalue weighted by Gasteiger charge is -2.10. The topological polar surface area (TPSA) is 135 Å². The summed E-state index contributed by atoms with van der Waals surface area (Å²) in [6.07, 6.45) is 0. The third-order valence-corrected chi connectivity index (χ3v) is 6.60. The second kappa shape index (κ2) is 12.3. The van der Waals surface area contributed by atoms with Crippen molar-refractivity contribution in [3.05, 3.63) is 48.0 Å². The Morgan fingerprint density at radius 3 is 1.91 bits per heavy atom. The molecule has 2 N–H and O–H groups in total. The van der Waals surface area contributed by atoms with Gasteiger partial charge < -0.3 is 9.47 Å². The minimum atomic E-state index is -3.90. The number of nitrogens with one attached hydrogen (secondary N) is 2. The highest BCUT2D eigenvalue weighted by Gasteiger charge is 2.22. The van der Waals surface area contributed by atoms with Crippen LogP contribution in [-0.2, 0) is 20.0 Å². The zero-order valence-corrected chi connectivity index (χ0v) is 18.8. The van der Waals surface area contributed by atoms with Gasteiger partial charge in [0.05, 0.1) is 0 Å². The predicted octanol–water partition coefficient (Wildman–Crippen LogP) is 2.65. The van der Waals surface area contributed by atoms with Crippen molar-refractivity contribution in [3.63, 3.8) is 0 Å². The molecule has 0 bridgehead atoms. The summed E-state index contributed by atoms with van der Waals surface area (Å²) >= 11 is 0. The Morgan fingerprint density at radius 1 is 0.879 bits per heavy atom. The molecule has 0 aliphatic carbocycles. The fraction of sp³-hybridized carbons (Fsp3) is 0.278. The van der Waals surface area contributed by atoms with Gasteiger partial charge in [0, 0.05) is 6.54 Å². The normalized spacial score (nSPS) is 11.5. The van der Waals surface area contributed by atoms with Crippen LogP contribution in [0.5, 0.6) is 11.5 Å². The van der Waals surface area contributed by atoms with Crippen LogP contribution in [0.1, 0.15) is 12.5 Å². The second-order valence-corrected chi connectivity index (χ2v) is 9.24. The molecule has 0 radical (unpaired) electrons. The maximum Gasteiger partial charge on any atom is 0.387 e. The van der Waals surface area contributed by atoms with E-state index in [0.717, 1.165) is 19.2 Å². The van der Waals surface area contributed by atoms with Gasteiger partial charge in [-0.15, -0.1) is 0 Å². The summed E-state index contributed by atoms with van der Waals surface area (Å²) in [6.45, 7) is -4.42. The molecule has 15 heteroatoms. The molecule has 0 saturated heterocycles. The molecule has 2 aromatic carbocycles. The summed E-state index contributed by atoms with van der Waals surface area (Å²) < 4.78 is 107. The minimum absolute atomic E-state index is 0.172. The smallest absolute Gasteiger partial charge is 0.387 e. The van der Waals surface area contributed by atoms with Gasteiger partial charge in [-0.1, -0.05) is 25.1 Å². The lowest BCUT2D eigenvalue weighted by atomic mass is 10.2. The Morgan fingerprint density at radius 2 is 1.39 bits per heavy atom. The summed E-state index contributed by atoms with van der Waals surface area (Å²) in [5.74, 6) is -0.836. The van der Waals surface area contributed by atoms with Crippen LogP contribution in [0.2, 0.25) is 0 Å². The van der Waals surface area contributed by atoms with E-state index in [2.05, 4.69) is 14.2 Å². The van der Waals surface area contributed by atoms with Crippen molar-refractivity contribution >= 4 is 20.0 Å². The van der Waals surface area contributed by atoms with Crippen molar-refractivity contribution in [1.82, 2.24) is 9.44 Å². The molecule has 0 aliphatic heterocycles. The Bertz CT molecular complexity index is 1190. The summed E-state index contributed by atoms with van der Waals surface area (Å²) in [5.41, 5.74) is -0.456. The van der Waals surface area contributed by atoms with Gasteiger partial charge in [-0.2, -0.15) is 22.8 Å². The first-order valence-corrected chi connectivity index (χ1v) is 11.8. The zero-order valence-electron chi connectivity index (χ0n) is 17.1. The summed E-state index contributed by atoms with van der Waals surface area (Å²) in [7, 11) is -6.54. The molecule has 2 rings (SSSR count). The molecule has 0 atom stereocenters. The van der Waals surface area contributed by atoms with Gasteiger partial charge in [-0.25, -0.2) is 26.3 Å². The summed E-state index contributed by atoms with van der Waals surface area (Å²) in [5, 5.41) is 8.80. The number of nitriles is 1. The van der Waals surface area contributed by atoms with E-state index >= 15 is 0 Å². The Balaban J connectivity index is 0.000000331. The predicted molar refractivity (Wildman–Crippen MR) is 108 cm³/mol. The Labute approximate surface area is 188 Å². The van der Waals surface area contributed by atoms with Crippen LogP contribution >= 0.6 is 0 Å². The second-order valence-electron chi connectivity index (χ2n) is 5.65. The number of hydrogen-bond donors (Lipinski definition) is 2. The number of halogens is 4. The van der Waals surface area contributed by atoms with Crippen molar-refractivity contribution < 1.29 is 43.9 Å². The van der Waals surface area contributed by atoms with E-state index in [4.69, 9.17) is 5.26 Å². The number of sulfonamides is 2. The van der Waals surface area contributed by atoms with Gasteiger partial charge in [0.1, 0.15) is 32.9 Å². The average Bonchev–Trinajstić information content (AvgIpc) is 2.73. The SMILES string of the molecule is CCNS(=O)(=O)c1ccccc1OC(F)F.CNS(=O)(=O)c1cccc(OC(F)F)c1C#N. The van der Waals surface area contributed by atoms with Crippen molar-refractivity contribution in [1.29, 1.82) is 5.26 Å². The van der Waals surface area contributed by atoms with Crippen molar-refractivity contribution in [2.75, 3.05) is 13.6 Å². The van der Waals surface area contributed by atoms with Crippen LogP contribution in [0.15, 0.2) is 52.3 Å².